The molecule has 1 saturated carbocycles. The maximum Gasteiger partial charge on any atom is 0.152 e. The van der Waals surface area contributed by atoms with Gasteiger partial charge in [0, 0.05) is 18.0 Å². The van der Waals surface area contributed by atoms with Gasteiger partial charge in [0.2, 0.25) is 0 Å². The molecule has 1 aliphatic rings. The molecule has 0 aromatic heterocycles. The normalized spacial score (nSPS) is 22.8. The molecule has 0 aliphatic heterocycles. The van der Waals surface area contributed by atoms with Crippen molar-refractivity contribution < 1.29 is 8.42 Å². The number of nitrogens with zero attached hydrogens (tertiary/aromatic N) is 1. The lowest BCUT2D eigenvalue weighted by atomic mass is 9.86. The van der Waals surface area contributed by atoms with Gasteiger partial charge in [-0.3, -0.25) is 0 Å². The van der Waals surface area contributed by atoms with Crippen LogP contribution in [0.25, 0.3) is 0 Å². The van der Waals surface area contributed by atoms with Crippen molar-refractivity contribution in [3.05, 3.63) is 29.8 Å². The zero-order valence-electron chi connectivity index (χ0n) is 12.8. The Labute approximate surface area is 127 Å². The molecule has 0 bridgehead atoms. The zero-order valence-corrected chi connectivity index (χ0v) is 13.6. The highest BCUT2D eigenvalue weighted by Gasteiger charge is 2.34. The van der Waals surface area contributed by atoms with E-state index in [1.54, 1.807) is 0 Å². The van der Waals surface area contributed by atoms with Crippen LogP contribution in [0.3, 0.4) is 0 Å². The van der Waals surface area contributed by atoms with Gasteiger partial charge in [-0.15, -0.1) is 0 Å². The number of sulfone groups is 1. The summed E-state index contributed by atoms with van der Waals surface area (Å²) >= 11 is 0. The molecule has 2 unspecified atom stereocenters. The van der Waals surface area contributed by atoms with Gasteiger partial charge >= 0.3 is 0 Å². The van der Waals surface area contributed by atoms with E-state index in [4.69, 9.17) is 5.26 Å². The van der Waals surface area contributed by atoms with E-state index < -0.39 is 15.3 Å². The van der Waals surface area contributed by atoms with Gasteiger partial charge in [-0.05, 0) is 50.8 Å². The summed E-state index contributed by atoms with van der Waals surface area (Å²) in [5.74, 6) is 0. The molecule has 5 heteroatoms. The minimum atomic E-state index is -3.01. The first-order valence-electron chi connectivity index (χ1n) is 7.21. The summed E-state index contributed by atoms with van der Waals surface area (Å²) < 4.78 is 23.6. The van der Waals surface area contributed by atoms with Gasteiger partial charge in [0.05, 0.1) is 16.7 Å². The van der Waals surface area contributed by atoms with E-state index in [1.165, 1.54) is 6.26 Å². The minimum Gasteiger partial charge on any atom is -0.381 e. The van der Waals surface area contributed by atoms with Gasteiger partial charge in [0.25, 0.3) is 0 Å². The van der Waals surface area contributed by atoms with Gasteiger partial charge in [0.1, 0.15) is 0 Å². The van der Waals surface area contributed by atoms with Gasteiger partial charge in [-0.25, -0.2) is 8.42 Å². The van der Waals surface area contributed by atoms with Crippen molar-refractivity contribution >= 4 is 15.5 Å². The first-order valence-corrected chi connectivity index (χ1v) is 9.17. The summed E-state index contributed by atoms with van der Waals surface area (Å²) in [6, 6.07) is 9.96. The first kappa shape index (κ1) is 15.8. The van der Waals surface area contributed by atoms with E-state index in [-0.39, 0.29) is 11.3 Å². The molecule has 1 aliphatic carbocycles. The van der Waals surface area contributed by atoms with Gasteiger partial charge < -0.3 is 5.32 Å². The van der Waals surface area contributed by atoms with Crippen LogP contribution in [-0.2, 0) is 15.3 Å². The van der Waals surface area contributed by atoms with Crippen molar-refractivity contribution in [1.29, 1.82) is 5.26 Å². The maximum absolute atomic E-state index is 11.8. The predicted molar refractivity (Wildman–Crippen MR) is 85.0 cm³/mol. The second-order valence-electron chi connectivity index (χ2n) is 6.36. The third-order valence-corrected chi connectivity index (χ3v) is 5.90. The highest BCUT2D eigenvalue weighted by atomic mass is 32.2. The Morgan fingerprint density at radius 2 is 1.86 bits per heavy atom. The van der Waals surface area contributed by atoms with Crippen molar-refractivity contribution in [2.75, 3.05) is 11.6 Å². The summed E-state index contributed by atoms with van der Waals surface area (Å²) in [6.45, 7) is 3.76. The topological polar surface area (TPSA) is 70.0 Å². The fourth-order valence-corrected chi connectivity index (χ4v) is 4.26. The van der Waals surface area contributed by atoms with Crippen molar-refractivity contribution in [1.82, 2.24) is 0 Å². The highest BCUT2D eigenvalue weighted by molar-refractivity contribution is 7.91. The number of hydrogen-bond acceptors (Lipinski definition) is 4. The predicted octanol–water partition coefficient (Wildman–Crippen LogP) is 2.87. The molecule has 0 heterocycles. The molecule has 21 heavy (non-hydrogen) atoms. The standard InChI is InChI=1S/C16H22N2O2S/c1-16(2,11-17)12-7-9-13(10-8-12)18-14-5-4-6-15(14)21(3,19)20/h7-10,14-15,18H,4-6H2,1-3H3. The Kier molecular flexibility index (Phi) is 4.29. The maximum atomic E-state index is 11.8. The Balaban J connectivity index is 2.13. The van der Waals surface area contributed by atoms with Crippen molar-refractivity contribution in [2.24, 2.45) is 0 Å². The second kappa shape index (κ2) is 5.69. The Morgan fingerprint density at radius 3 is 2.38 bits per heavy atom. The summed E-state index contributed by atoms with van der Waals surface area (Å²) in [4.78, 5) is 0. The number of hydrogen-bond donors (Lipinski definition) is 1. The summed E-state index contributed by atoms with van der Waals surface area (Å²) in [5, 5.41) is 12.2. The molecule has 0 radical (unpaired) electrons. The van der Waals surface area contributed by atoms with Crippen LogP contribution in [0.15, 0.2) is 24.3 Å². The fraction of sp³-hybridized carbons (Fsp3) is 0.562. The van der Waals surface area contributed by atoms with Crippen LogP contribution < -0.4 is 5.32 Å². The van der Waals surface area contributed by atoms with E-state index in [0.29, 0.717) is 0 Å². The number of anilines is 1. The van der Waals surface area contributed by atoms with Crippen molar-refractivity contribution in [2.45, 2.75) is 49.8 Å². The molecule has 114 valence electrons. The molecular weight excluding hydrogens is 284 g/mol. The fourth-order valence-electron chi connectivity index (χ4n) is 2.87. The SMILES string of the molecule is CC(C)(C#N)c1ccc(NC2CCCC2S(C)(=O)=O)cc1. The average Bonchev–Trinajstić information content (AvgIpc) is 2.87. The summed E-state index contributed by atoms with van der Waals surface area (Å²) in [6.07, 6.45) is 3.87. The van der Waals surface area contributed by atoms with Crippen LogP contribution in [0, 0.1) is 11.3 Å². The van der Waals surface area contributed by atoms with E-state index in [9.17, 15) is 8.42 Å². The molecule has 0 spiro atoms. The van der Waals surface area contributed by atoms with Crippen LogP contribution in [0.1, 0.15) is 38.7 Å². The average molecular weight is 306 g/mol. The molecular formula is C16H22N2O2S. The van der Waals surface area contributed by atoms with E-state index in [0.717, 1.165) is 30.5 Å². The molecule has 1 N–H and O–H groups in total. The Bertz CT molecular complexity index is 642. The second-order valence-corrected chi connectivity index (χ2v) is 8.63. The van der Waals surface area contributed by atoms with Crippen LogP contribution in [0.5, 0.6) is 0 Å². The molecule has 1 aromatic rings. The van der Waals surface area contributed by atoms with Crippen LogP contribution in [0.2, 0.25) is 0 Å². The quantitative estimate of drug-likeness (QED) is 0.928. The summed E-state index contributed by atoms with van der Waals surface area (Å²) in [7, 11) is -3.01. The largest absolute Gasteiger partial charge is 0.381 e. The van der Waals surface area contributed by atoms with E-state index in [1.807, 2.05) is 38.1 Å². The number of nitrogens with one attached hydrogen (secondary N) is 1. The lowest BCUT2D eigenvalue weighted by molar-refractivity contribution is 0.579. The molecule has 4 nitrogen and oxygen atoms in total. The third kappa shape index (κ3) is 3.56. The van der Waals surface area contributed by atoms with Crippen LogP contribution >= 0.6 is 0 Å². The number of rotatable bonds is 4. The molecule has 1 fully saturated rings. The van der Waals surface area contributed by atoms with Gasteiger partial charge in [-0.1, -0.05) is 12.1 Å². The van der Waals surface area contributed by atoms with E-state index in [2.05, 4.69) is 11.4 Å². The molecule has 2 atom stereocenters. The van der Waals surface area contributed by atoms with Gasteiger partial charge in [-0.2, -0.15) is 5.26 Å². The summed E-state index contributed by atoms with van der Waals surface area (Å²) in [5.41, 5.74) is 1.36. The zero-order chi connectivity index (χ0) is 15.7. The van der Waals surface area contributed by atoms with Gasteiger partial charge in [0.15, 0.2) is 9.84 Å². The third-order valence-electron chi connectivity index (χ3n) is 4.24. The Hall–Kier alpha value is -1.54. The number of nitriles is 1. The highest BCUT2D eigenvalue weighted by Crippen LogP contribution is 2.29. The molecule has 1 aromatic carbocycles. The monoisotopic (exact) mass is 306 g/mol. The van der Waals surface area contributed by atoms with E-state index >= 15 is 0 Å². The smallest absolute Gasteiger partial charge is 0.152 e. The van der Waals surface area contributed by atoms with Crippen LogP contribution in [0.4, 0.5) is 5.69 Å². The van der Waals surface area contributed by atoms with Crippen LogP contribution in [-0.4, -0.2) is 26.0 Å². The molecule has 2 rings (SSSR count). The van der Waals surface area contributed by atoms with Crippen molar-refractivity contribution in [3.8, 4) is 6.07 Å². The molecule has 0 saturated heterocycles. The number of benzene rings is 1. The minimum absolute atomic E-state index is 0.0187. The molecule has 0 amide bonds. The first-order chi connectivity index (χ1) is 9.74. The lowest BCUT2D eigenvalue weighted by Gasteiger charge is -2.22. The Morgan fingerprint density at radius 1 is 1.24 bits per heavy atom. The lowest BCUT2D eigenvalue weighted by Crippen LogP contribution is -2.34. The van der Waals surface area contributed by atoms with Crippen molar-refractivity contribution in [3.63, 3.8) is 0 Å².